The zero-order chi connectivity index (χ0) is 13.8. The molecule has 102 valence electrons. The van der Waals surface area contributed by atoms with E-state index in [1.807, 2.05) is 0 Å². The quantitative estimate of drug-likeness (QED) is 0.903. The first-order valence-corrected chi connectivity index (χ1v) is 6.51. The second-order valence-electron chi connectivity index (χ2n) is 4.94. The lowest BCUT2D eigenvalue weighted by Gasteiger charge is -2.31. The third-order valence-corrected chi connectivity index (χ3v) is 3.78. The van der Waals surface area contributed by atoms with E-state index >= 15 is 0 Å². The van der Waals surface area contributed by atoms with Crippen molar-refractivity contribution in [3.8, 4) is 0 Å². The number of hydrogen-bond donors (Lipinski definition) is 1. The third-order valence-electron chi connectivity index (χ3n) is 3.78. The molecule has 1 amide bonds. The Morgan fingerprint density at radius 2 is 1.79 bits per heavy atom. The molecule has 2 rings (SSSR count). The highest BCUT2D eigenvalue weighted by atomic mass is 16.4. The number of nitrogens with zero attached hydrogens (tertiary/aromatic N) is 2. The normalized spacial score (nSPS) is 22.8. The lowest BCUT2D eigenvalue weighted by molar-refractivity contribution is -0.148. The molecule has 1 aromatic heterocycles. The van der Waals surface area contributed by atoms with Crippen LogP contribution in [0.1, 0.15) is 25.7 Å². The van der Waals surface area contributed by atoms with Gasteiger partial charge in [0.05, 0.1) is 11.8 Å². The molecular formula is C14H18N2O3. The second kappa shape index (κ2) is 5.82. The van der Waals surface area contributed by atoms with Crippen LogP contribution in [-0.2, 0) is 9.59 Å². The third kappa shape index (κ3) is 2.92. The van der Waals surface area contributed by atoms with Crippen LogP contribution in [0.5, 0.6) is 0 Å². The molecule has 1 aliphatic carbocycles. The Morgan fingerprint density at radius 3 is 2.37 bits per heavy atom. The molecule has 1 N–H and O–H groups in total. The monoisotopic (exact) mass is 262 g/mol. The summed E-state index contributed by atoms with van der Waals surface area (Å²) in [4.78, 5) is 29.1. The Labute approximate surface area is 112 Å². The van der Waals surface area contributed by atoms with E-state index in [1.54, 1.807) is 31.6 Å². The summed E-state index contributed by atoms with van der Waals surface area (Å²) in [5, 5.41) is 9.23. The lowest BCUT2D eigenvalue weighted by Crippen LogP contribution is -2.40. The molecule has 0 spiro atoms. The summed E-state index contributed by atoms with van der Waals surface area (Å²) in [5.41, 5.74) is 0.745. The summed E-state index contributed by atoms with van der Waals surface area (Å²) in [6.45, 7) is 0. The average Bonchev–Trinajstić information content (AvgIpc) is 2.46. The molecule has 0 bridgehead atoms. The van der Waals surface area contributed by atoms with Crippen molar-refractivity contribution in [1.82, 2.24) is 4.98 Å². The van der Waals surface area contributed by atoms with Crippen molar-refractivity contribution in [1.29, 1.82) is 0 Å². The fourth-order valence-corrected chi connectivity index (χ4v) is 2.67. The summed E-state index contributed by atoms with van der Waals surface area (Å²) >= 11 is 0. The van der Waals surface area contributed by atoms with Gasteiger partial charge in [0.2, 0.25) is 5.91 Å². The Hall–Kier alpha value is -1.91. The van der Waals surface area contributed by atoms with Crippen molar-refractivity contribution in [2.75, 3.05) is 11.9 Å². The molecule has 0 unspecified atom stereocenters. The highest BCUT2D eigenvalue weighted by molar-refractivity contribution is 5.96. The molecule has 0 aliphatic heterocycles. The van der Waals surface area contributed by atoms with Crippen LogP contribution >= 0.6 is 0 Å². The SMILES string of the molecule is CN(C(=O)[C@@H]1CCCC[C@@H]1C(=O)O)c1ccncc1. The van der Waals surface area contributed by atoms with Crippen LogP contribution < -0.4 is 4.90 Å². The summed E-state index contributed by atoms with van der Waals surface area (Å²) in [5.74, 6) is -1.94. The first kappa shape index (κ1) is 13.5. The molecule has 5 nitrogen and oxygen atoms in total. The number of aromatic nitrogens is 1. The van der Waals surface area contributed by atoms with Gasteiger partial charge in [-0.3, -0.25) is 14.6 Å². The Morgan fingerprint density at radius 1 is 1.21 bits per heavy atom. The summed E-state index contributed by atoms with van der Waals surface area (Å²) in [6.07, 6.45) is 6.30. The maximum absolute atomic E-state index is 12.5. The van der Waals surface area contributed by atoms with Gasteiger partial charge in [0.15, 0.2) is 0 Å². The van der Waals surface area contributed by atoms with Crippen LogP contribution in [0.15, 0.2) is 24.5 Å². The van der Waals surface area contributed by atoms with Gasteiger partial charge in [0.25, 0.3) is 0 Å². The Bertz CT molecular complexity index is 461. The first-order chi connectivity index (χ1) is 9.11. The van der Waals surface area contributed by atoms with Crippen molar-refractivity contribution in [2.24, 2.45) is 11.8 Å². The molecule has 1 aromatic rings. The highest BCUT2D eigenvalue weighted by Crippen LogP contribution is 2.32. The molecule has 1 saturated carbocycles. The molecular weight excluding hydrogens is 244 g/mol. The fourth-order valence-electron chi connectivity index (χ4n) is 2.67. The maximum atomic E-state index is 12.5. The smallest absolute Gasteiger partial charge is 0.307 e. The molecule has 0 radical (unpaired) electrons. The number of aliphatic carboxylic acids is 1. The Balaban J connectivity index is 2.15. The number of rotatable bonds is 3. The fraction of sp³-hybridized carbons (Fsp3) is 0.500. The van der Waals surface area contributed by atoms with Crippen LogP contribution in [0.2, 0.25) is 0 Å². The number of carboxylic acids is 1. The maximum Gasteiger partial charge on any atom is 0.307 e. The van der Waals surface area contributed by atoms with Crippen molar-refractivity contribution in [3.63, 3.8) is 0 Å². The van der Waals surface area contributed by atoms with Crippen molar-refractivity contribution in [3.05, 3.63) is 24.5 Å². The van der Waals surface area contributed by atoms with Crippen molar-refractivity contribution in [2.45, 2.75) is 25.7 Å². The number of amides is 1. The number of pyridine rings is 1. The van der Waals surface area contributed by atoms with Gasteiger partial charge in [-0.15, -0.1) is 0 Å². The van der Waals surface area contributed by atoms with Gasteiger partial charge in [-0.1, -0.05) is 12.8 Å². The lowest BCUT2D eigenvalue weighted by atomic mass is 9.78. The van der Waals surface area contributed by atoms with Crippen LogP contribution in [-0.4, -0.2) is 29.0 Å². The van der Waals surface area contributed by atoms with E-state index in [0.717, 1.165) is 18.5 Å². The average molecular weight is 262 g/mol. The van der Waals surface area contributed by atoms with Gasteiger partial charge in [-0.25, -0.2) is 0 Å². The molecule has 0 aromatic carbocycles. The van der Waals surface area contributed by atoms with Gasteiger partial charge in [-0.05, 0) is 25.0 Å². The molecule has 1 aliphatic rings. The van der Waals surface area contributed by atoms with Crippen LogP contribution in [0, 0.1) is 11.8 Å². The predicted molar refractivity (Wildman–Crippen MR) is 70.7 cm³/mol. The number of carbonyl (C=O) groups is 2. The minimum absolute atomic E-state index is 0.113. The first-order valence-electron chi connectivity index (χ1n) is 6.51. The number of hydrogen-bond acceptors (Lipinski definition) is 3. The minimum atomic E-state index is -0.860. The van der Waals surface area contributed by atoms with Gasteiger partial charge >= 0.3 is 5.97 Å². The topological polar surface area (TPSA) is 70.5 Å². The molecule has 5 heteroatoms. The minimum Gasteiger partial charge on any atom is -0.481 e. The summed E-state index contributed by atoms with van der Waals surface area (Å²) in [7, 11) is 1.69. The number of anilines is 1. The van der Waals surface area contributed by atoms with Gasteiger partial charge in [0.1, 0.15) is 0 Å². The molecule has 2 atom stereocenters. The standard InChI is InChI=1S/C14H18N2O3/c1-16(10-6-8-15-9-7-10)13(17)11-4-2-3-5-12(11)14(18)19/h6-9,11-12H,2-5H2,1H3,(H,18,19)/t11-,12+/m1/s1. The largest absolute Gasteiger partial charge is 0.481 e. The van der Waals surface area contributed by atoms with Crippen molar-refractivity contribution < 1.29 is 14.7 Å². The highest BCUT2D eigenvalue weighted by Gasteiger charge is 2.37. The predicted octanol–water partition coefficient (Wildman–Crippen LogP) is 1.94. The van der Waals surface area contributed by atoms with E-state index in [1.165, 1.54) is 4.90 Å². The molecule has 1 heterocycles. The van der Waals surface area contributed by atoms with Gasteiger partial charge < -0.3 is 10.0 Å². The van der Waals surface area contributed by atoms with E-state index in [2.05, 4.69) is 4.98 Å². The van der Waals surface area contributed by atoms with Crippen LogP contribution in [0.3, 0.4) is 0 Å². The van der Waals surface area contributed by atoms with Crippen LogP contribution in [0.4, 0.5) is 5.69 Å². The van der Waals surface area contributed by atoms with Gasteiger partial charge in [-0.2, -0.15) is 0 Å². The van der Waals surface area contributed by atoms with E-state index in [9.17, 15) is 14.7 Å². The van der Waals surface area contributed by atoms with E-state index in [-0.39, 0.29) is 5.91 Å². The summed E-state index contributed by atoms with van der Waals surface area (Å²) in [6, 6.07) is 3.49. The molecule has 1 fully saturated rings. The molecule has 0 saturated heterocycles. The zero-order valence-electron chi connectivity index (χ0n) is 11.0. The van der Waals surface area contributed by atoms with E-state index < -0.39 is 17.8 Å². The zero-order valence-corrected chi connectivity index (χ0v) is 11.0. The van der Waals surface area contributed by atoms with E-state index in [0.29, 0.717) is 12.8 Å². The van der Waals surface area contributed by atoms with Crippen molar-refractivity contribution >= 4 is 17.6 Å². The molecule has 19 heavy (non-hydrogen) atoms. The van der Waals surface area contributed by atoms with Gasteiger partial charge in [0, 0.05) is 25.1 Å². The Kier molecular flexibility index (Phi) is 4.14. The number of carboxylic acid groups (broad SMARTS) is 1. The summed E-state index contributed by atoms with van der Waals surface area (Å²) < 4.78 is 0. The second-order valence-corrected chi connectivity index (χ2v) is 4.94. The van der Waals surface area contributed by atoms with E-state index in [4.69, 9.17) is 0 Å². The van der Waals surface area contributed by atoms with Crippen LogP contribution in [0.25, 0.3) is 0 Å². The number of carbonyl (C=O) groups excluding carboxylic acids is 1.